The summed E-state index contributed by atoms with van der Waals surface area (Å²) in [6, 6.07) is 0. The van der Waals surface area contributed by atoms with Gasteiger partial charge in [-0.2, -0.15) is 0 Å². The zero-order valence-electron chi connectivity index (χ0n) is 18.9. The zero-order valence-corrected chi connectivity index (χ0v) is 18.9. The summed E-state index contributed by atoms with van der Waals surface area (Å²) in [5, 5.41) is 12.0. The van der Waals surface area contributed by atoms with Crippen LogP contribution in [0.3, 0.4) is 0 Å². The van der Waals surface area contributed by atoms with Crippen molar-refractivity contribution in [2.45, 2.75) is 104 Å². The maximum atomic E-state index is 12.3. The molecule has 4 nitrogen and oxygen atoms in total. The number of nitrogens with one attached hydrogen (secondary N) is 1. The molecule has 3 atom stereocenters. The van der Waals surface area contributed by atoms with E-state index in [4.69, 9.17) is 9.84 Å². The number of rotatable bonds is 16. The molecule has 0 heterocycles. The summed E-state index contributed by atoms with van der Waals surface area (Å²) in [6.45, 7) is 9.73. The van der Waals surface area contributed by atoms with Crippen LogP contribution < -0.4 is 5.32 Å². The fourth-order valence-electron chi connectivity index (χ4n) is 5.10. The van der Waals surface area contributed by atoms with Gasteiger partial charge in [-0.25, -0.2) is 0 Å². The minimum atomic E-state index is 0.0146. The van der Waals surface area contributed by atoms with Gasteiger partial charge in [-0.15, -0.1) is 0 Å². The van der Waals surface area contributed by atoms with Gasteiger partial charge in [-0.1, -0.05) is 59.3 Å². The molecule has 0 amide bonds. The van der Waals surface area contributed by atoms with Gasteiger partial charge in [0.2, 0.25) is 0 Å². The van der Waals surface area contributed by atoms with Crippen molar-refractivity contribution in [1.82, 2.24) is 5.32 Å². The standard InChI is InChI=1S/C24H47NO3/c1-4-12-22-17-21(2)18-24(3,19-22)20-23(27)28-16-10-8-6-5-7-9-13-25-14-11-15-26/h21-22,25-26H,4-20H2,1-3H3. The lowest BCUT2D eigenvalue weighted by molar-refractivity contribution is -0.147. The summed E-state index contributed by atoms with van der Waals surface area (Å²) in [4.78, 5) is 12.3. The van der Waals surface area contributed by atoms with Crippen LogP contribution in [0.15, 0.2) is 0 Å². The summed E-state index contributed by atoms with van der Waals surface area (Å²) < 4.78 is 5.55. The maximum Gasteiger partial charge on any atom is 0.306 e. The van der Waals surface area contributed by atoms with Gasteiger partial charge in [-0.05, 0) is 68.9 Å². The molecule has 1 aliphatic rings. The van der Waals surface area contributed by atoms with E-state index in [0.29, 0.717) is 13.0 Å². The van der Waals surface area contributed by atoms with E-state index in [1.165, 1.54) is 51.4 Å². The second-order valence-corrected chi connectivity index (χ2v) is 9.56. The smallest absolute Gasteiger partial charge is 0.306 e. The lowest BCUT2D eigenvalue weighted by atomic mass is 9.64. The molecule has 0 radical (unpaired) electrons. The van der Waals surface area contributed by atoms with Crippen molar-refractivity contribution in [3.63, 3.8) is 0 Å². The van der Waals surface area contributed by atoms with Crippen LogP contribution in [0.25, 0.3) is 0 Å². The van der Waals surface area contributed by atoms with E-state index >= 15 is 0 Å². The summed E-state index contributed by atoms with van der Waals surface area (Å²) >= 11 is 0. The third kappa shape index (κ3) is 12.1. The number of unbranched alkanes of at least 4 members (excludes halogenated alkanes) is 5. The van der Waals surface area contributed by atoms with Crippen molar-refractivity contribution >= 4 is 5.97 Å². The van der Waals surface area contributed by atoms with Gasteiger partial charge >= 0.3 is 5.97 Å². The van der Waals surface area contributed by atoms with E-state index in [0.717, 1.165) is 50.6 Å². The molecule has 1 fully saturated rings. The quantitative estimate of drug-likeness (QED) is 0.268. The Morgan fingerprint density at radius 3 is 2.46 bits per heavy atom. The molecule has 0 aliphatic heterocycles. The van der Waals surface area contributed by atoms with Crippen LogP contribution >= 0.6 is 0 Å². The van der Waals surface area contributed by atoms with E-state index in [-0.39, 0.29) is 18.0 Å². The average Bonchev–Trinajstić information content (AvgIpc) is 2.61. The Morgan fingerprint density at radius 1 is 1.07 bits per heavy atom. The van der Waals surface area contributed by atoms with Crippen LogP contribution in [-0.4, -0.2) is 37.4 Å². The SMILES string of the molecule is CCCC1CC(C)CC(C)(CC(=O)OCCCCCCCCNCCCO)C1. The molecule has 1 aliphatic carbocycles. The molecule has 0 aromatic carbocycles. The Kier molecular flexibility index (Phi) is 13.9. The van der Waals surface area contributed by atoms with Crippen molar-refractivity contribution in [3.05, 3.63) is 0 Å². The summed E-state index contributed by atoms with van der Waals surface area (Å²) in [7, 11) is 0. The summed E-state index contributed by atoms with van der Waals surface area (Å²) in [5.74, 6) is 1.53. The minimum absolute atomic E-state index is 0.0146. The van der Waals surface area contributed by atoms with Crippen LogP contribution in [0.2, 0.25) is 0 Å². The number of carbonyl (C=O) groups excluding carboxylic acids is 1. The average molecular weight is 398 g/mol. The van der Waals surface area contributed by atoms with Gasteiger partial charge in [0.05, 0.1) is 13.0 Å². The molecule has 166 valence electrons. The van der Waals surface area contributed by atoms with E-state index in [1.807, 2.05) is 0 Å². The zero-order chi connectivity index (χ0) is 20.7. The van der Waals surface area contributed by atoms with Crippen molar-refractivity contribution in [2.24, 2.45) is 17.3 Å². The Bertz CT molecular complexity index is 401. The summed E-state index contributed by atoms with van der Waals surface area (Å²) in [5.41, 5.74) is 0.139. The number of esters is 1. The predicted octanol–water partition coefficient (Wildman–Crippen LogP) is 5.47. The topological polar surface area (TPSA) is 58.6 Å². The first kappa shape index (κ1) is 25.4. The van der Waals surface area contributed by atoms with E-state index in [2.05, 4.69) is 26.1 Å². The van der Waals surface area contributed by atoms with Crippen molar-refractivity contribution < 1.29 is 14.6 Å². The first-order chi connectivity index (χ1) is 13.5. The second kappa shape index (κ2) is 15.3. The summed E-state index contributed by atoms with van der Waals surface area (Å²) in [6.07, 6.45) is 14.8. The Balaban J connectivity index is 2.03. The van der Waals surface area contributed by atoms with Crippen molar-refractivity contribution in [2.75, 3.05) is 26.3 Å². The normalized spacial score (nSPS) is 25.0. The number of ether oxygens (including phenoxy) is 1. The lowest BCUT2D eigenvalue weighted by Crippen LogP contribution is -2.32. The van der Waals surface area contributed by atoms with Crippen LogP contribution in [0, 0.1) is 17.3 Å². The predicted molar refractivity (Wildman–Crippen MR) is 117 cm³/mol. The van der Waals surface area contributed by atoms with Crippen molar-refractivity contribution in [1.29, 1.82) is 0 Å². The molecule has 0 bridgehead atoms. The number of hydrogen-bond donors (Lipinski definition) is 2. The van der Waals surface area contributed by atoms with Gasteiger partial charge in [-0.3, -0.25) is 4.79 Å². The number of aliphatic hydroxyl groups is 1. The molecular weight excluding hydrogens is 350 g/mol. The molecule has 4 heteroatoms. The van der Waals surface area contributed by atoms with Crippen molar-refractivity contribution in [3.8, 4) is 0 Å². The highest BCUT2D eigenvalue weighted by Crippen LogP contribution is 2.45. The molecule has 0 saturated heterocycles. The second-order valence-electron chi connectivity index (χ2n) is 9.56. The first-order valence-electron chi connectivity index (χ1n) is 12.0. The third-order valence-electron chi connectivity index (χ3n) is 6.15. The minimum Gasteiger partial charge on any atom is -0.466 e. The van der Waals surface area contributed by atoms with Gasteiger partial charge in [0.25, 0.3) is 0 Å². The number of carbonyl (C=O) groups is 1. The monoisotopic (exact) mass is 397 g/mol. The van der Waals surface area contributed by atoms with E-state index in [9.17, 15) is 4.79 Å². The lowest BCUT2D eigenvalue weighted by Gasteiger charge is -2.41. The number of aliphatic hydroxyl groups excluding tert-OH is 1. The third-order valence-corrected chi connectivity index (χ3v) is 6.15. The Labute approximate surface area is 174 Å². The van der Waals surface area contributed by atoms with Crippen LogP contribution in [0.4, 0.5) is 0 Å². The Hall–Kier alpha value is -0.610. The molecule has 1 rings (SSSR count). The molecule has 1 saturated carbocycles. The molecule has 0 aromatic rings. The largest absolute Gasteiger partial charge is 0.466 e. The van der Waals surface area contributed by atoms with Crippen LogP contribution in [0.1, 0.15) is 104 Å². The van der Waals surface area contributed by atoms with Crippen LogP contribution in [0.5, 0.6) is 0 Å². The van der Waals surface area contributed by atoms with E-state index in [1.54, 1.807) is 0 Å². The highest BCUT2D eigenvalue weighted by atomic mass is 16.5. The van der Waals surface area contributed by atoms with Gasteiger partial charge in [0.1, 0.15) is 0 Å². The van der Waals surface area contributed by atoms with Gasteiger partial charge < -0.3 is 15.2 Å². The molecule has 28 heavy (non-hydrogen) atoms. The maximum absolute atomic E-state index is 12.3. The Morgan fingerprint density at radius 2 is 1.75 bits per heavy atom. The molecular formula is C24H47NO3. The molecule has 2 N–H and O–H groups in total. The highest BCUT2D eigenvalue weighted by Gasteiger charge is 2.37. The molecule has 0 spiro atoms. The number of hydrogen-bond acceptors (Lipinski definition) is 4. The van der Waals surface area contributed by atoms with E-state index < -0.39 is 0 Å². The molecule has 3 unspecified atom stereocenters. The first-order valence-corrected chi connectivity index (χ1v) is 12.0. The molecule has 0 aromatic heterocycles. The fourth-order valence-corrected chi connectivity index (χ4v) is 5.10. The highest BCUT2D eigenvalue weighted by molar-refractivity contribution is 5.70. The van der Waals surface area contributed by atoms with Gasteiger partial charge in [0.15, 0.2) is 0 Å². The van der Waals surface area contributed by atoms with Gasteiger partial charge in [0, 0.05) is 6.61 Å². The van der Waals surface area contributed by atoms with Crippen LogP contribution in [-0.2, 0) is 9.53 Å². The fraction of sp³-hybridized carbons (Fsp3) is 0.958.